The molecule has 1 aromatic carbocycles. The quantitative estimate of drug-likeness (QED) is 0.933. The third-order valence-corrected chi connectivity index (χ3v) is 3.68. The minimum atomic E-state index is -0.902. The van der Waals surface area contributed by atoms with Gasteiger partial charge in [-0.25, -0.2) is 0 Å². The molecule has 5 heteroatoms. The van der Waals surface area contributed by atoms with E-state index >= 15 is 0 Å². The Bertz CT molecular complexity index is 501. The molecule has 1 aliphatic heterocycles. The van der Waals surface area contributed by atoms with Gasteiger partial charge in [-0.1, -0.05) is 22.9 Å². The van der Waals surface area contributed by atoms with Gasteiger partial charge in [-0.05, 0) is 30.2 Å². The van der Waals surface area contributed by atoms with E-state index in [-0.39, 0.29) is 18.9 Å². The van der Waals surface area contributed by atoms with Crippen molar-refractivity contribution in [2.75, 3.05) is 11.4 Å². The highest BCUT2D eigenvalue weighted by Gasteiger charge is 2.35. The molecular formula is C13H14BrNO3. The van der Waals surface area contributed by atoms with E-state index in [0.29, 0.717) is 0 Å². The van der Waals surface area contributed by atoms with Crippen LogP contribution in [-0.2, 0) is 16.0 Å². The molecule has 0 saturated carbocycles. The monoisotopic (exact) mass is 311 g/mol. The van der Waals surface area contributed by atoms with Crippen LogP contribution in [0, 0.1) is 5.92 Å². The SMILES string of the molecule is CCc1cc(Br)ccc1N1CC(C(=O)O)CC1=O. The molecule has 1 N–H and O–H groups in total. The summed E-state index contributed by atoms with van der Waals surface area (Å²) in [5, 5.41) is 8.98. The first-order valence-electron chi connectivity index (χ1n) is 5.84. The summed E-state index contributed by atoms with van der Waals surface area (Å²) in [6.45, 7) is 2.28. The van der Waals surface area contributed by atoms with E-state index in [4.69, 9.17) is 5.11 Å². The number of hydrogen-bond donors (Lipinski definition) is 1. The second-order valence-corrected chi connectivity index (χ2v) is 5.29. The first-order valence-corrected chi connectivity index (χ1v) is 6.63. The zero-order chi connectivity index (χ0) is 13.3. The zero-order valence-corrected chi connectivity index (χ0v) is 11.6. The van der Waals surface area contributed by atoms with E-state index in [0.717, 1.165) is 22.1 Å². The summed E-state index contributed by atoms with van der Waals surface area (Å²) in [6.07, 6.45) is 0.894. The third-order valence-electron chi connectivity index (χ3n) is 3.19. The fraction of sp³-hybridized carbons (Fsp3) is 0.385. The van der Waals surface area contributed by atoms with Gasteiger partial charge in [0.05, 0.1) is 5.92 Å². The van der Waals surface area contributed by atoms with Gasteiger partial charge in [-0.2, -0.15) is 0 Å². The Morgan fingerprint density at radius 2 is 2.28 bits per heavy atom. The number of rotatable bonds is 3. The number of hydrogen-bond acceptors (Lipinski definition) is 2. The van der Waals surface area contributed by atoms with Crippen LogP contribution in [0.3, 0.4) is 0 Å². The number of halogens is 1. The van der Waals surface area contributed by atoms with Crippen LogP contribution in [0.15, 0.2) is 22.7 Å². The van der Waals surface area contributed by atoms with Gasteiger partial charge in [0, 0.05) is 23.1 Å². The lowest BCUT2D eigenvalue weighted by molar-refractivity contribution is -0.141. The second kappa shape index (κ2) is 5.10. The number of amides is 1. The molecule has 96 valence electrons. The molecule has 2 rings (SSSR count). The molecule has 1 aliphatic rings. The van der Waals surface area contributed by atoms with Crippen LogP contribution in [0.25, 0.3) is 0 Å². The number of aryl methyl sites for hydroxylation is 1. The van der Waals surface area contributed by atoms with Gasteiger partial charge < -0.3 is 10.0 Å². The van der Waals surface area contributed by atoms with Gasteiger partial charge in [0.25, 0.3) is 0 Å². The Labute approximate surface area is 114 Å². The molecule has 1 atom stereocenters. The van der Waals surface area contributed by atoms with Crippen molar-refractivity contribution in [2.24, 2.45) is 5.92 Å². The van der Waals surface area contributed by atoms with Crippen LogP contribution >= 0.6 is 15.9 Å². The number of benzene rings is 1. The van der Waals surface area contributed by atoms with E-state index in [1.54, 1.807) is 4.90 Å². The maximum atomic E-state index is 11.9. The molecule has 1 saturated heterocycles. The number of carboxylic acid groups (broad SMARTS) is 1. The minimum absolute atomic E-state index is 0.0918. The van der Waals surface area contributed by atoms with Gasteiger partial charge in [0.1, 0.15) is 0 Å². The molecular weight excluding hydrogens is 298 g/mol. The number of carboxylic acids is 1. The van der Waals surface area contributed by atoms with Gasteiger partial charge in [-0.15, -0.1) is 0 Å². The molecule has 1 unspecified atom stereocenters. The standard InChI is InChI=1S/C13H14BrNO3/c1-2-8-5-10(14)3-4-11(8)15-7-9(13(17)18)6-12(15)16/h3-5,9H,2,6-7H2,1H3,(H,17,18). The fourth-order valence-electron chi connectivity index (χ4n) is 2.21. The van der Waals surface area contributed by atoms with Crippen molar-refractivity contribution in [1.29, 1.82) is 0 Å². The van der Waals surface area contributed by atoms with Gasteiger partial charge in [0.15, 0.2) is 0 Å². The van der Waals surface area contributed by atoms with Crippen molar-refractivity contribution in [1.82, 2.24) is 0 Å². The molecule has 0 aromatic heterocycles. The number of anilines is 1. The highest BCUT2D eigenvalue weighted by atomic mass is 79.9. The van der Waals surface area contributed by atoms with Crippen molar-refractivity contribution in [3.8, 4) is 0 Å². The van der Waals surface area contributed by atoms with Crippen molar-refractivity contribution in [2.45, 2.75) is 19.8 Å². The van der Waals surface area contributed by atoms with Crippen molar-refractivity contribution < 1.29 is 14.7 Å². The molecule has 18 heavy (non-hydrogen) atoms. The summed E-state index contributed by atoms with van der Waals surface area (Å²) in [5.74, 6) is -1.61. The van der Waals surface area contributed by atoms with Gasteiger partial charge in [-0.3, -0.25) is 9.59 Å². The predicted molar refractivity (Wildman–Crippen MR) is 71.6 cm³/mol. The van der Waals surface area contributed by atoms with Gasteiger partial charge in [0.2, 0.25) is 5.91 Å². The van der Waals surface area contributed by atoms with Crippen LogP contribution in [0.4, 0.5) is 5.69 Å². The molecule has 0 spiro atoms. The third kappa shape index (κ3) is 2.41. The van der Waals surface area contributed by atoms with E-state index < -0.39 is 11.9 Å². The summed E-state index contributed by atoms with van der Waals surface area (Å²) < 4.78 is 0.963. The van der Waals surface area contributed by atoms with Crippen LogP contribution in [-0.4, -0.2) is 23.5 Å². The Kier molecular flexibility index (Phi) is 3.71. The molecule has 0 aliphatic carbocycles. The fourth-order valence-corrected chi connectivity index (χ4v) is 2.61. The zero-order valence-electron chi connectivity index (χ0n) is 10.0. The lowest BCUT2D eigenvalue weighted by Crippen LogP contribution is -2.26. The predicted octanol–water partition coefficient (Wildman–Crippen LogP) is 2.45. The van der Waals surface area contributed by atoms with Crippen LogP contribution in [0.2, 0.25) is 0 Å². The van der Waals surface area contributed by atoms with Crippen molar-refractivity contribution >= 4 is 33.5 Å². The summed E-state index contributed by atoms with van der Waals surface area (Å²) in [6, 6.07) is 5.71. The molecule has 4 nitrogen and oxygen atoms in total. The highest BCUT2D eigenvalue weighted by molar-refractivity contribution is 9.10. The second-order valence-electron chi connectivity index (χ2n) is 4.37. The maximum Gasteiger partial charge on any atom is 0.308 e. The summed E-state index contributed by atoms with van der Waals surface area (Å²) in [5.41, 5.74) is 1.87. The Balaban J connectivity index is 2.32. The van der Waals surface area contributed by atoms with Crippen LogP contribution in [0.1, 0.15) is 18.9 Å². The van der Waals surface area contributed by atoms with Gasteiger partial charge >= 0.3 is 5.97 Å². The normalized spacial score (nSPS) is 19.3. The van der Waals surface area contributed by atoms with E-state index in [1.165, 1.54) is 0 Å². The maximum absolute atomic E-state index is 11.9. The first-order chi connectivity index (χ1) is 8.52. The number of aliphatic carboxylic acids is 1. The lowest BCUT2D eigenvalue weighted by Gasteiger charge is -2.19. The number of carbonyl (C=O) groups excluding carboxylic acids is 1. The Hall–Kier alpha value is -1.36. The number of nitrogens with zero attached hydrogens (tertiary/aromatic N) is 1. The van der Waals surface area contributed by atoms with E-state index in [1.807, 2.05) is 25.1 Å². The Morgan fingerprint density at radius 1 is 1.56 bits per heavy atom. The van der Waals surface area contributed by atoms with Crippen LogP contribution in [0.5, 0.6) is 0 Å². The van der Waals surface area contributed by atoms with E-state index in [2.05, 4.69) is 15.9 Å². The minimum Gasteiger partial charge on any atom is -0.481 e. The molecule has 1 aromatic rings. The first kappa shape index (κ1) is 13.1. The lowest BCUT2D eigenvalue weighted by atomic mass is 10.1. The smallest absolute Gasteiger partial charge is 0.308 e. The van der Waals surface area contributed by atoms with Crippen molar-refractivity contribution in [3.63, 3.8) is 0 Å². The molecule has 1 amide bonds. The average Bonchev–Trinajstić information content (AvgIpc) is 2.71. The summed E-state index contributed by atoms with van der Waals surface area (Å²) >= 11 is 3.40. The van der Waals surface area contributed by atoms with Crippen molar-refractivity contribution in [3.05, 3.63) is 28.2 Å². The highest BCUT2D eigenvalue weighted by Crippen LogP contribution is 2.30. The molecule has 0 radical (unpaired) electrons. The topological polar surface area (TPSA) is 57.6 Å². The number of carbonyl (C=O) groups is 2. The summed E-state index contributed by atoms with van der Waals surface area (Å²) in [7, 11) is 0. The largest absolute Gasteiger partial charge is 0.481 e. The summed E-state index contributed by atoms with van der Waals surface area (Å²) in [4.78, 5) is 24.4. The molecule has 0 bridgehead atoms. The van der Waals surface area contributed by atoms with Crippen LogP contribution < -0.4 is 4.90 Å². The molecule has 1 fully saturated rings. The average molecular weight is 312 g/mol. The van der Waals surface area contributed by atoms with E-state index in [9.17, 15) is 9.59 Å². The molecule has 1 heterocycles. The Morgan fingerprint density at radius 3 is 2.83 bits per heavy atom.